The van der Waals surface area contributed by atoms with E-state index in [2.05, 4.69) is 86.7 Å². The molecule has 0 saturated heterocycles. The lowest BCUT2D eigenvalue weighted by Gasteiger charge is -1.99. The van der Waals surface area contributed by atoms with Gasteiger partial charge in [-0.2, -0.15) is 0 Å². The van der Waals surface area contributed by atoms with E-state index in [4.69, 9.17) is 0 Å². The zero-order valence-corrected chi connectivity index (χ0v) is 12.1. The fourth-order valence-electron chi connectivity index (χ4n) is 1.83. The molecule has 0 spiro atoms. The second-order valence-corrected chi connectivity index (χ2v) is 4.85. The van der Waals surface area contributed by atoms with Gasteiger partial charge in [0.2, 0.25) is 0 Å². The van der Waals surface area contributed by atoms with Crippen LogP contribution in [0.25, 0.3) is 12.2 Å². The Hall–Kier alpha value is -2.34. The van der Waals surface area contributed by atoms with Crippen LogP contribution in [0.2, 0.25) is 0 Å². The van der Waals surface area contributed by atoms with Crippen LogP contribution in [-0.2, 0) is 0 Å². The second kappa shape index (κ2) is 7.30. The van der Waals surface area contributed by atoms with Gasteiger partial charge in [-0.05, 0) is 36.1 Å². The van der Waals surface area contributed by atoms with Gasteiger partial charge in [0.05, 0.1) is 0 Å². The van der Waals surface area contributed by atoms with Gasteiger partial charge in [0.1, 0.15) is 0 Å². The average molecular weight is 260 g/mol. The average Bonchev–Trinajstić information content (AvgIpc) is 2.52. The molecular formula is C20H20. The first kappa shape index (κ1) is 14.1. The molecule has 2 aromatic carbocycles. The minimum atomic E-state index is 1.23. The van der Waals surface area contributed by atoms with Crippen molar-refractivity contribution in [3.05, 3.63) is 95.1 Å². The van der Waals surface area contributed by atoms with Crippen molar-refractivity contribution < 1.29 is 0 Å². The highest BCUT2D eigenvalue weighted by atomic mass is 14.0. The van der Waals surface area contributed by atoms with Gasteiger partial charge < -0.3 is 0 Å². The first-order valence-corrected chi connectivity index (χ1v) is 6.89. The van der Waals surface area contributed by atoms with E-state index in [1.807, 2.05) is 12.1 Å². The minimum absolute atomic E-state index is 1.23. The summed E-state index contributed by atoms with van der Waals surface area (Å²) in [7, 11) is 0. The highest BCUT2D eigenvalue weighted by molar-refractivity contribution is 5.56. The molecule has 0 aliphatic carbocycles. The van der Waals surface area contributed by atoms with Crippen molar-refractivity contribution in [3.8, 4) is 0 Å². The molecule has 0 amide bonds. The summed E-state index contributed by atoms with van der Waals surface area (Å²) in [5.74, 6) is 0. The third-order valence-electron chi connectivity index (χ3n) is 3.27. The lowest BCUT2D eigenvalue weighted by molar-refractivity contribution is 1.38. The predicted molar refractivity (Wildman–Crippen MR) is 89.3 cm³/mol. The Kier molecular flexibility index (Phi) is 5.14. The van der Waals surface area contributed by atoms with Crippen molar-refractivity contribution >= 4 is 12.2 Å². The van der Waals surface area contributed by atoms with E-state index >= 15 is 0 Å². The van der Waals surface area contributed by atoms with E-state index in [1.54, 1.807) is 0 Å². The molecule has 2 aromatic rings. The molecule has 2 rings (SSSR count). The van der Waals surface area contributed by atoms with Gasteiger partial charge in [0, 0.05) is 0 Å². The van der Waals surface area contributed by atoms with E-state index in [-0.39, 0.29) is 0 Å². The quantitative estimate of drug-likeness (QED) is 0.614. The van der Waals surface area contributed by atoms with Crippen LogP contribution in [0.5, 0.6) is 0 Å². The smallest absolute Gasteiger partial charge is 0.0257 e. The normalized spacial score (nSPS) is 12.9. The fraction of sp³-hybridized carbons (Fsp3) is 0.100. The summed E-state index contributed by atoms with van der Waals surface area (Å²) < 4.78 is 0. The first-order chi connectivity index (χ1) is 9.75. The lowest BCUT2D eigenvalue weighted by atomic mass is 10.1. The van der Waals surface area contributed by atoms with Crippen LogP contribution in [-0.4, -0.2) is 0 Å². The second-order valence-electron chi connectivity index (χ2n) is 4.85. The van der Waals surface area contributed by atoms with Crippen molar-refractivity contribution in [2.75, 3.05) is 0 Å². The Bertz CT molecular complexity index is 556. The van der Waals surface area contributed by atoms with Crippen LogP contribution in [0, 0.1) is 0 Å². The zero-order chi connectivity index (χ0) is 14.2. The number of allylic oxidation sites excluding steroid dienone is 4. The molecule has 0 bridgehead atoms. The van der Waals surface area contributed by atoms with Crippen LogP contribution in [0.15, 0.2) is 84.0 Å². The molecule has 0 fully saturated rings. The summed E-state index contributed by atoms with van der Waals surface area (Å²) in [5.41, 5.74) is 5.01. The molecule has 0 nitrogen and oxygen atoms in total. The van der Waals surface area contributed by atoms with Crippen LogP contribution in [0.4, 0.5) is 0 Å². The molecule has 0 aliphatic heterocycles. The summed E-state index contributed by atoms with van der Waals surface area (Å²) >= 11 is 0. The summed E-state index contributed by atoms with van der Waals surface area (Å²) in [5, 5.41) is 0. The van der Waals surface area contributed by atoms with Crippen LogP contribution in [0.1, 0.15) is 25.0 Å². The van der Waals surface area contributed by atoms with Gasteiger partial charge >= 0.3 is 0 Å². The minimum Gasteiger partial charge on any atom is -0.0622 e. The van der Waals surface area contributed by atoms with Crippen LogP contribution < -0.4 is 0 Å². The predicted octanol–water partition coefficient (Wildman–Crippen LogP) is 5.75. The van der Waals surface area contributed by atoms with E-state index in [1.165, 1.54) is 22.3 Å². The van der Waals surface area contributed by atoms with Crippen molar-refractivity contribution in [2.45, 2.75) is 13.8 Å². The third kappa shape index (κ3) is 4.40. The molecule has 20 heavy (non-hydrogen) atoms. The van der Waals surface area contributed by atoms with Crippen molar-refractivity contribution in [1.29, 1.82) is 0 Å². The summed E-state index contributed by atoms with van der Waals surface area (Å²) in [4.78, 5) is 0. The first-order valence-electron chi connectivity index (χ1n) is 6.89. The topological polar surface area (TPSA) is 0 Å². The molecule has 100 valence electrons. The van der Waals surface area contributed by atoms with Crippen LogP contribution in [0.3, 0.4) is 0 Å². The largest absolute Gasteiger partial charge is 0.0622 e. The molecule has 0 unspecified atom stereocenters. The monoisotopic (exact) mass is 260 g/mol. The van der Waals surface area contributed by atoms with E-state index in [0.29, 0.717) is 0 Å². The van der Waals surface area contributed by atoms with E-state index < -0.39 is 0 Å². The number of hydrogen-bond acceptors (Lipinski definition) is 0. The SMILES string of the molecule is CC(/C=C/c1ccccc1)=C(C)\C=C\c1ccccc1. The Morgan fingerprint density at radius 3 is 1.30 bits per heavy atom. The number of benzene rings is 2. The third-order valence-corrected chi connectivity index (χ3v) is 3.27. The molecule has 0 heterocycles. The van der Waals surface area contributed by atoms with Gasteiger partial charge in [-0.3, -0.25) is 0 Å². The van der Waals surface area contributed by atoms with Gasteiger partial charge in [0.15, 0.2) is 0 Å². The maximum Gasteiger partial charge on any atom is -0.0257 e. The number of rotatable bonds is 4. The molecule has 0 N–H and O–H groups in total. The van der Waals surface area contributed by atoms with E-state index in [0.717, 1.165) is 0 Å². The van der Waals surface area contributed by atoms with Crippen molar-refractivity contribution in [2.24, 2.45) is 0 Å². The Morgan fingerprint density at radius 2 is 0.950 bits per heavy atom. The maximum atomic E-state index is 2.17. The van der Waals surface area contributed by atoms with Gasteiger partial charge in [-0.15, -0.1) is 0 Å². The van der Waals surface area contributed by atoms with Gasteiger partial charge in [-0.1, -0.05) is 85.0 Å². The number of hydrogen-bond donors (Lipinski definition) is 0. The van der Waals surface area contributed by atoms with E-state index in [9.17, 15) is 0 Å². The summed E-state index contributed by atoms with van der Waals surface area (Å²) in [6.07, 6.45) is 8.63. The molecule has 0 atom stereocenters. The highest BCUT2D eigenvalue weighted by Gasteiger charge is 1.90. The molecule has 0 heteroatoms. The summed E-state index contributed by atoms with van der Waals surface area (Å²) in [6.45, 7) is 4.29. The van der Waals surface area contributed by atoms with Crippen molar-refractivity contribution in [3.63, 3.8) is 0 Å². The fourth-order valence-corrected chi connectivity index (χ4v) is 1.83. The molecular weight excluding hydrogens is 240 g/mol. The molecule has 0 saturated carbocycles. The Morgan fingerprint density at radius 1 is 0.600 bits per heavy atom. The molecule has 0 aromatic heterocycles. The Balaban J connectivity index is 2.08. The zero-order valence-electron chi connectivity index (χ0n) is 12.1. The highest BCUT2D eigenvalue weighted by Crippen LogP contribution is 2.12. The molecule has 0 radical (unpaired) electrons. The lowest BCUT2D eigenvalue weighted by Crippen LogP contribution is -1.77. The Labute approximate surface area is 121 Å². The summed E-state index contributed by atoms with van der Waals surface area (Å²) in [6, 6.07) is 20.7. The van der Waals surface area contributed by atoms with Gasteiger partial charge in [0.25, 0.3) is 0 Å². The maximum absolute atomic E-state index is 2.17. The standard InChI is InChI=1S/C20H20/c1-17(13-15-19-9-5-3-6-10-19)18(2)14-16-20-11-7-4-8-12-20/h3-16H,1-2H3/b15-13+,16-14+,18-17+. The molecule has 0 aliphatic rings. The van der Waals surface area contributed by atoms with Crippen LogP contribution >= 0.6 is 0 Å². The van der Waals surface area contributed by atoms with Crippen molar-refractivity contribution in [1.82, 2.24) is 0 Å². The van der Waals surface area contributed by atoms with Gasteiger partial charge in [-0.25, -0.2) is 0 Å².